The van der Waals surface area contributed by atoms with Gasteiger partial charge in [-0.25, -0.2) is 4.99 Å². The molecule has 0 saturated heterocycles. The van der Waals surface area contributed by atoms with Gasteiger partial charge in [-0.05, 0) is 49.2 Å². The van der Waals surface area contributed by atoms with Crippen LogP contribution in [0.25, 0.3) is 0 Å². The summed E-state index contributed by atoms with van der Waals surface area (Å²) >= 11 is 0. The molecule has 0 aromatic heterocycles. The SMILES string of the molecule is CCOCCOC(=NCCc1ccc(OC)c(OC)c1)NC(=O)c1ccc2c(c1)OCO2. The molecule has 0 unspecified atom stereocenters. The molecule has 1 aliphatic heterocycles. The van der Waals surface area contributed by atoms with Crippen LogP contribution in [0.3, 0.4) is 0 Å². The van der Waals surface area contributed by atoms with Crippen molar-refractivity contribution in [2.45, 2.75) is 13.3 Å². The number of rotatable bonds is 10. The van der Waals surface area contributed by atoms with Crippen molar-refractivity contribution in [2.75, 3.05) is 47.4 Å². The second-order valence-corrected chi connectivity index (χ2v) is 6.69. The van der Waals surface area contributed by atoms with E-state index in [0.29, 0.717) is 54.7 Å². The van der Waals surface area contributed by atoms with E-state index in [1.807, 2.05) is 25.1 Å². The summed E-state index contributed by atoms with van der Waals surface area (Å²) in [6.45, 7) is 3.69. The van der Waals surface area contributed by atoms with Gasteiger partial charge in [-0.15, -0.1) is 0 Å². The molecule has 0 atom stereocenters. The molecule has 0 saturated carbocycles. The van der Waals surface area contributed by atoms with E-state index in [4.69, 9.17) is 28.4 Å². The third-order valence-electron chi connectivity index (χ3n) is 4.63. The van der Waals surface area contributed by atoms with Crippen molar-refractivity contribution in [3.8, 4) is 23.0 Å². The van der Waals surface area contributed by atoms with Gasteiger partial charge < -0.3 is 28.4 Å². The van der Waals surface area contributed by atoms with E-state index in [-0.39, 0.29) is 25.3 Å². The molecule has 3 rings (SSSR count). The van der Waals surface area contributed by atoms with E-state index >= 15 is 0 Å². The largest absolute Gasteiger partial charge is 0.493 e. The van der Waals surface area contributed by atoms with E-state index in [0.717, 1.165) is 5.56 Å². The first-order chi connectivity index (χ1) is 15.6. The Kier molecular flexibility index (Phi) is 8.56. The number of nitrogens with one attached hydrogen (secondary N) is 1. The lowest BCUT2D eigenvalue weighted by atomic mass is 10.1. The smallest absolute Gasteiger partial charge is 0.291 e. The molecule has 32 heavy (non-hydrogen) atoms. The number of nitrogens with zero attached hydrogens (tertiary/aromatic N) is 1. The third kappa shape index (κ3) is 6.27. The van der Waals surface area contributed by atoms with Gasteiger partial charge in [-0.2, -0.15) is 0 Å². The fourth-order valence-corrected chi connectivity index (χ4v) is 2.99. The molecule has 0 fully saturated rings. The number of carbonyl (C=O) groups is 1. The van der Waals surface area contributed by atoms with Crippen molar-refractivity contribution in [3.05, 3.63) is 47.5 Å². The Labute approximate surface area is 187 Å². The monoisotopic (exact) mass is 444 g/mol. The Balaban J connectivity index is 1.64. The third-order valence-corrected chi connectivity index (χ3v) is 4.63. The first kappa shape index (κ1) is 23.2. The zero-order chi connectivity index (χ0) is 22.8. The van der Waals surface area contributed by atoms with Crippen molar-refractivity contribution in [1.29, 1.82) is 0 Å². The van der Waals surface area contributed by atoms with Crippen LogP contribution in [0, 0.1) is 0 Å². The average Bonchev–Trinajstić information content (AvgIpc) is 3.29. The molecule has 1 aliphatic rings. The Bertz CT molecular complexity index is 946. The van der Waals surface area contributed by atoms with Gasteiger partial charge >= 0.3 is 0 Å². The van der Waals surface area contributed by atoms with Gasteiger partial charge in [0.1, 0.15) is 6.61 Å². The number of aliphatic imine (C=N–C) groups is 1. The van der Waals surface area contributed by atoms with Crippen molar-refractivity contribution in [1.82, 2.24) is 5.32 Å². The number of amides is 1. The average molecular weight is 444 g/mol. The van der Waals surface area contributed by atoms with Crippen molar-refractivity contribution >= 4 is 11.9 Å². The summed E-state index contributed by atoms with van der Waals surface area (Å²) in [4.78, 5) is 17.1. The van der Waals surface area contributed by atoms with Crippen LogP contribution < -0.4 is 24.3 Å². The highest BCUT2D eigenvalue weighted by molar-refractivity contribution is 6.04. The minimum atomic E-state index is -0.357. The number of hydrogen-bond acceptors (Lipinski definition) is 8. The van der Waals surface area contributed by atoms with Crippen molar-refractivity contribution in [2.24, 2.45) is 4.99 Å². The Morgan fingerprint density at radius 2 is 1.84 bits per heavy atom. The lowest BCUT2D eigenvalue weighted by molar-refractivity contribution is 0.0921. The second-order valence-electron chi connectivity index (χ2n) is 6.69. The highest BCUT2D eigenvalue weighted by Crippen LogP contribution is 2.32. The predicted molar refractivity (Wildman–Crippen MR) is 118 cm³/mol. The molecule has 172 valence electrons. The van der Waals surface area contributed by atoms with Gasteiger partial charge in [0.15, 0.2) is 23.0 Å². The van der Waals surface area contributed by atoms with Crippen molar-refractivity contribution < 1.29 is 33.2 Å². The summed E-state index contributed by atoms with van der Waals surface area (Å²) in [5.41, 5.74) is 1.43. The highest BCUT2D eigenvalue weighted by Gasteiger charge is 2.17. The highest BCUT2D eigenvalue weighted by atomic mass is 16.7. The summed E-state index contributed by atoms with van der Waals surface area (Å²) in [7, 11) is 3.19. The van der Waals surface area contributed by atoms with Crippen LogP contribution in [0.1, 0.15) is 22.8 Å². The summed E-state index contributed by atoms with van der Waals surface area (Å²) < 4.78 is 32.2. The number of hydrogen-bond donors (Lipinski definition) is 1. The van der Waals surface area contributed by atoms with Crippen LogP contribution >= 0.6 is 0 Å². The summed E-state index contributed by atoms with van der Waals surface area (Å²) in [5.74, 6) is 2.10. The van der Waals surface area contributed by atoms with Gasteiger partial charge in [0.05, 0.1) is 20.8 Å². The summed E-state index contributed by atoms with van der Waals surface area (Å²) in [6.07, 6.45) is 0.624. The summed E-state index contributed by atoms with van der Waals surface area (Å²) in [5, 5.41) is 2.72. The number of benzene rings is 2. The number of ether oxygens (including phenoxy) is 6. The van der Waals surface area contributed by atoms with Gasteiger partial charge in [0.25, 0.3) is 11.9 Å². The Morgan fingerprint density at radius 1 is 1.03 bits per heavy atom. The molecule has 9 heteroatoms. The lowest BCUT2D eigenvalue weighted by Gasteiger charge is -2.12. The first-order valence-electron chi connectivity index (χ1n) is 10.3. The number of carbonyl (C=O) groups excluding carboxylic acids is 1. The van der Waals surface area contributed by atoms with Gasteiger partial charge in [-0.1, -0.05) is 6.07 Å². The molecular formula is C23H28N2O7. The van der Waals surface area contributed by atoms with E-state index in [2.05, 4.69) is 10.3 Å². The molecule has 2 aromatic rings. The lowest BCUT2D eigenvalue weighted by Crippen LogP contribution is -2.33. The van der Waals surface area contributed by atoms with Crippen LogP contribution in [0.4, 0.5) is 0 Å². The second kappa shape index (κ2) is 11.8. The quantitative estimate of drug-likeness (QED) is 0.342. The summed E-state index contributed by atoms with van der Waals surface area (Å²) in [6, 6.07) is 10.8. The molecule has 2 aromatic carbocycles. The van der Waals surface area contributed by atoms with Gasteiger partial charge in [0, 0.05) is 18.7 Å². The molecule has 1 heterocycles. The maximum absolute atomic E-state index is 12.7. The van der Waals surface area contributed by atoms with E-state index in [9.17, 15) is 4.79 Å². The van der Waals surface area contributed by atoms with Gasteiger partial charge in [0.2, 0.25) is 6.79 Å². The normalized spacial score (nSPS) is 12.4. The van der Waals surface area contributed by atoms with E-state index in [1.54, 1.807) is 32.4 Å². The Morgan fingerprint density at radius 3 is 2.62 bits per heavy atom. The molecule has 0 bridgehead atoms. The standard InChI is InChI=1S/C23H28N2O7/c1-4-29-11-12-30-23(24-10-9-16-5-7-18(27-2)20(13-16)28-3)25-22(26)17-6-8-19-21(14-17)32-15-31-19/h5-8,13-14H,4,9-12,15H2,1-3H3,(H,24,25,26). The maximum atomic E-state index is 12.7. The van der Waals surface area contributed by atoms with Crippen LogP contribution in [0.15, 0.2) is 41.4 Å². The van der Waals surface area contributed by atoms with E-state index in [1.165, 1.54) is 0 Å². The fourth-order valence-electron chi connectivity index (χ4n) is 2.99. The first-order valence-corrected chi connectivity index (χ1v) is 10.3. The van der Waals surface area contributed by atoms with Gasteiger partial charge in [-0.3, -0.25) is 10.1 Å². The molecule has 0 aliphatic carbocycles. The zero-order valence-corrected chi connectivity index (χ0v) is 18.5. The van der Waals surface area contributed by atoms with E-state index < -0.39 is 0 Å². The maximum Gasteiger partial charge on any atom is 0.291 e. The molecular weight excluding hydrogens is 416 g/mol. The van der Waals surface area contributed by atoms with Crippen molar-refractivity contribution in [3.63, 3.8) is 0 Å². The number of fused-ring (bicyclic) bond motifs is 1. The Hall–Kier alpha value is -3.46. The zero-order valence-electron chi connectivity index (χ0n) is 18.5. The molecule has 1 amide bonds. The molecule has 0 spiro atoms. The van der Waals surface area contributed by atoms with Crippen LogP contribution in [0.2, 0.25) is 0 Å². The topological polar surface area (TPSA) is 96.8 Å². The fraction of sp³-hybridized carbons (Fsp3) is 0.391. The van der Waals surface area contributed by atoms with Crippen LogP contribution in [-0.4, -0.2) is 59.3 Å². The minimum Gasteiger partial charge on any atom is -0.493 e. The predicted octanol–water partition coefficient (Wildman–Crippen LogP) is 2.81. The number of methoxy groups -OCH3 is 2. The number of amidine groups is 1. The minimum absolute atomic E-state index is 0.132. The molecule has 9 nitrogen and oxygen atoms in total. The van der Waals surface area contributed by atoms with Crippen LogP contribution in [-0.2, 0) is 15.9 Å². The molecule has 0 radical (unpaired) electrons. The van der Waals surface area contributed by atoms with Crippen LogP contribution in [0.5, 0.6) is 23.0 Å². The molecule has 1 N–H and O–H groups in total.